The highest BCUT2D eigenvalue weighted by Crippen LogP contribution is 2.20. The Morgan fingerprint density at radius 1 is 0.500 bits per heavy atom. The fraction of sp³-hybridized carbons (Fsp3) is 0.300. The predicted molar refractivity (Wildman–Crippen MR) is 143 cm³/mol. The Balaban J connectivity index is 1.48. The molecule has 40 heavy (non-hydrogen) atoms. The fourth-order valence-corrected chi connectivity index (χ4v) is 3.39. The lowest BCUT2D eigenvalue weighted by Gasteiger charge is -2.24. The van der Waals surface area contributed by atoms with Gasteiger partial charge in [0, 0.05) is 0 Å². The third-order valence-electron chi connectivity index (χ3n) is 5.30. The minimum Gasteiger partial charge on any atom is -0.490 e. The molecule has 1 N–H and O–H groups in total. The number of para-hydroxylation sites is 3. The van der Waals surface area contributed by atoms with Crippen molar-refractivity contribution in [3.05, 3.63) is 91.0 Å². The number of hydrogen-bond donors (Lipinski definition) is 1. The predicted octanol–water partition coefficient (Wildman–Crippen LogP) is 3.36. The maximum absolute atomic E-state index is 12.8. The third kappa shape index (κ3) is 11.0. The quantitative estimate of drug-likeness (QED) is 0.151. The van der Waals surface area contributed by atoms with Gasteiger partial charge in [-0.25, -0.2) is 4.79 Å². The summed E-state index contributed by atoms with van der Waals surface area (Å²) < 4.78 is 31.7. The van der Waals surface area contributed by atoms with E-state index in [1.807, 2.05) is 18.2 Å². The second-order valence-corrected chi connectivity index (χ2v) is 8.45. The summed E-state index contributed by atoms with van der Waals surface area (Å²) in [6.07, 6.45) is -1.65. The lowest BCUT2D eigenvalue weighted by atomic mass is 9.95. The van der Waals surface area contributed by atoms with Crippen molar-refractivity contribution >= 4 is 17.9 Å². The van der Waals surface area contributed by atoms with Gasteiger partial charge in [0.1, 0.15) is 56.9 Å². The summed E-state index contributed by atoms with van der Waals surface area (Å²) in [4.78, 5) is 37.7. The third-order valence-corrected chi connectivity index (χ3v) is 5.30. The number of benzene rings is 3. The normalized spacial score (nSPS) is 10.7. The van der Waals surface area contributed by atoms with E-state index in [0.29, 0.717) is 17.2 Å². The minimum atomic E-state index is -2.51. The molecule has 0 amide bonds. The molecule has 0 saturated heterocycles. The summed E-state index contributed by atoms with van der Waals surface area (Å²) in [6.45, 7) is -0.391. The zero-order valence-corrected chi connectivity index (χ0v) is 21.9. The van der Waals surface area contributed by atoms with Gasteiger partial charge in [0.2, 0.25) is 0 Å². The lowest BCUT2D eigenvalue weighted by Crippen LogP contribution is -2.45. The monoisotopic (exact) mass is 552 g/mol. The summed E-state index contributed by atoms with van der Waals surface area (Å²) in [7, 11) is 0. The molecule has 0 unspecified atom stereocenters. The Morgan fingerprint density at radius 2 is 0.825 bits per heavy atom. The molecule has 0 heterocycles. The molecule has 212 valence electrons. The number of esters is 3. The average Bonchev–Trinajstić information content (AvgIpc) is 2.97. The van der Waals surface area contributed by atoms with Gasteiger partial charge >= 0.3 is 17.9 Å². The molecule has 0 aromatic heterocycles. The molecule has 0 atom stereocenters. The van der Waals surface area contributed by atoms with Gasteiger partial charge in [-0.15, -0.1) is 0 Å². The molecule has 0 spiro atoms. The fourth-order valence-electron chi connectivity index (χ4n) is 3.39. The van der Waals surface area contributed by atoms with Crippen LogP contribution in [-0.4, -0.2) is 68.3 Å². The highest BCUT2D eigenvalue weighted by atomic mass is 16.6. The average molecular weight is 553 g/mol. The summed E-state index contributed by atoms with van der Waals surface area (Å²) in [5, 5.41) is 11.0. The molecular weight excluding hydrogens is 520 g/mol. The van der Waals surface area contributed by atoms with Gasteiger partial charge in [0.05, 0.1) is 12.8 Å². The van der Waals surface area contributed by atoms with Crippen molar-refractivity contribution in [1.29, 1.82) is 0 Å². The van der Waals surface area contributed by atoms with E-state index in [2.05, 4.69) is 0 Å². The second-order valence-electron chi connectivity index (χ2n) is 8.45. The highest BCUT2D eigenvalue weighted by molar-refractivity contribution is 5.90. The van der Waals surface area contributed by atoms with E-state index < -0.39 is 36.4 Å². The lowest BCUT2D eigenvalue weighted by molar-refractivity contribution is -0.178. The topological polar surface area (TPSA) is 127 Å². The standard InChI is InChI=1S/C30H32O10/c31-27(38-19-16-35-24-10-4-1-5-11-24)22-30(34,29(33)40-21-18-37-26-14-8-3-9-15-26)23-28(32)39-20-17-36-25-12-6-2-7-13-25/h1-15,34H,16-23H2. The molecule has 3 aromatic carbocycles. The van der Waals surface area contributed by atoms with Gasteiger partial charge in [0.25, 0.3) is 0 Å². The Labute approximate surface area is 232 Å². The maximum Gasteiger partial charge on any atom is 0.339 e. The number of rotatable bonds is 17. The van der Waals surface area contributed by atoms with Crippen molar-refractivity contribution < 1.29 is 47.9 Å². The first-order valence-corrected chi connectivity index (χ1v) is 12.7. The molecule has 0 aliphatic carbocycles. The molecule has 0 saturated carbocycles. The summed E-state index contributed by atoms with van der Waals surface area (Å²) in [5.41, 5.74) is -2.51. The van der Waals surface area contributed by atoms with Gasteiger partial charge in [0.15, 0.2) is 5.60 Å². The van der Waals surface area contributed by atoms with E-state index >= 15 is 0 Å². The molecular formula is C30H32O10. The Bertz CT molecular complexity index is 1110. The molecule has 3 rings (SSSR count). The van der Waals surface area contributed by atoms with Crippen LogP contribution in [-0.2, 0) is 28.6 Å². The van der Waals surface area contributed by atoms with E-state index in [4.69, 9.17) is 28.4 Å². The summed E-state index contributed by atoms with van der Waals surface area (Å²) in [6, 6.07) is 26.7. The summed E-state index contributed by atoms with van der Waals surface area (Å²) in [5.74, 6) is -1.27. The SMILES string of the molecule is O=C(CC(O)(CC(=O)OCCOc1ccccc1)C(=O)OCCOc1ccccc1)OCCOc1ccccc1. The Hall–Kier alpha value is -4.57. The van der Waals surface area contributed by atoms with Crippen molar-refractivity contribution in [2.75, 3.05) is 39.6 Å². The largest absolute Gasteiger partial charge is 0.490 e. The van der Waals surface area contributed by atoms with Crippen LogP contribution < -0.4 is 14.2 Å². The van der Waals surface area contributed by atoms with Crippen LogP contribution in [0.4, 0.5) is 0 Å². The van der Waals surface area contributed by atoms with Gasteiger partial charge in [-0.2, -0.15) is 0 Å². The first-order chi connectivity index (χ1) is 19.4. The van der Waals surface area contributed by atoms with Crippen LogP contribution >= 0.6 is 0 Å². The molecule has 0 aliphatic rings. The first-order valence-electron chi connectivity index (χ1n) is 12.7. The highest BCUT2D eigenvalue weighted by Gasteiger charge is 2.43. The van der Waals surface area contributed by atoms with Gasteiger partial charge < -0.3 is 33.5 Å². The van der Waals surface area contributed by atoms with Crippen molar-refractivity contribution in [3.8, 4) is 17.2 Å². The number of hydrogen-bond acceptors (Lipinski definition) is 10. The van der Waals surface area contributed by atoms with Crippen LogP contribution in [0.2, 0.25) is 0 Å². The maximum atomic E-state index is 12.8. The van der Waals surface area contributed by atoms with Gasteiger partial charge in [-0.3, -0.25) is 9.59 Å². The summed E-state index contributed by atoms with van der Waals surface area (Å²) >= 11 is 0. The Morgan fingerprint density at radius 3 is 1.18 bits per heavy atom. The van der Waals surface area contributed by atoms with Crippen LogP contribution in [0.15, 0.2) is 91.0 Å². The molecule has 10 nitrogen and oxygen atoms in total. The molecule has 10 heteroatoms. The van der Waals surface area contributed by atoms with Crippen LogP contribution in [0.25, 0.3) is 0 Å². The molecule has 0 aliphatic heterocycles. The van der Waals surface area contributed by atoms with Crippen molar-refractivity contribution in [2.24, 2.45) is 0 Å². The first kappa shape index (κ1) is 30.0. The smallest absolute Gasteiger partial charge is 0.339 e. The van der Waals surface area contributed by atoms with E-state index in [-0.39, 0.29) is 39.6 Å². The molecule has 3 aromatic rings. The van der Waals surface area contributed by atoms with Crippen molar-refractivity contribution in [3.63, 3.8) is 0 Å². The van der Waals surface area contributed by atoms with E-state index in [1.165, 1.54) is 0 Å². The Kier molecular flexibility index (Phi) is 12.3. The van der Waals surface area contributed by atoms with Gasteiger partial charge in [-0.05, 0) is 36.4 Å². The number of aliphatic hydroxyl groups is 1. The van der Waals surface area contributed by atoms with Gasteiger partial charge in [-0.1, -0.05) is 54.6 Å². The molecule has 0 radical (unpaired) electrons. The number of carbonyl (C=O) groups is 3. The van der Waals surface area contributed by atoms with E-state index in [9.17, 15) is 19.5 Å². The molecule has 0 bridgehead atoms. The zero-order chi connectivity index (χ0) is 28.5. The van der Waals surface area contributed by atoms with Crippen molar-refractivity contribution in [2.45, 2.75) is 18.4 Å². The van der Waals surface area contributed by atoms with Crippen LogP contribution in [0.5, 0.6) is 17.2 Å². The second kappa shape index (κ2) is 16.4. The minimum absolute atomic E-state index is 0.00558. The van der Waals surface area contributed by atoms with Crippen molar-refractivity contribution in [1.82, 2.24) is 0 Å². The zero-order valence-electron chi connectivity index (χ0n) is 21.9. The van der Waals surface area contributed by atoms with E-state index in [1.54, 1.807) is 72.8 Å². The van der Waals surface area contributed by atoms with Crippen LogP contribution in [0.3, 0.4) is 0 Å². The van der Waals surface area contributed by atoms with Crippen LogP contribution in [0, 0.1) is 0 Å². The molecule has 0 fully saturated rings. The number of carbonyl (C=O) groups excluding carboxylic acids is 3. The van der Waals surface area contributed by atoms with E-state index in [0.717, 1.165) is 0 Å². The van der Waals surface area contributed by atoms with Crippen LogP contribution in [0.1, 0.15) is 12.8 Å². The number of ether oxygens (including phenoxy) is 6.